The second kappa shape index (κ2) is 10.2. The lowest BCUT2D eigenvalue weighted by atomic mass is 10.2. The minimum Gasteiger partial charge on any atom is -0.497 e. The molecule has 0 heterocycles. The zero-order valence-electron chi connectivity index (χ0n) is 14.7. The highest BCUT2D eigenvalue weighted by molar-refractivity contribution is 6.30. The molecule has 0 atom stereocenters. The summed E-state index contributed by atoms with van der Waals surface area (Å²) in [5, 5.41) is 5.71. The normalized spacial score (nSPS) is 10.0. The number of nitrogens with one attached hydrogen (secondary N) is 2. The predicted octanol–water partition coefficient (Wildman–Crippen LogP) is 3.25. The van der Waals surface area contributed by atoms with E-state index in [-0.39, 0.29) is 18.7 Å². The number of methoxy groups -OCH3 is 1. The van der Waals surface area contributed by atoms with E-state index in [9.17, 15) is 14.4 Å². The van der Waals surface area contributed by atoms with Gasteiger partial charge in [-0.1, -0.05) is 17.7 Å². The Morgan fingerprint density at radius 2 is 1.63 bits per heavy atom. The molecule has 7 nitrogen and oxygen atoms in total. The summed E-state index contributed by atoms with van der Waals surface area (Å²) < 4.78 is 9.89. The van der Waals surface area contributed by atoms with Gasteiger partial charge in [0.05, 0.1) is 13.5 Å². The van der Waals surface area contributed by atoms with Gasteiger partial charge in [-0.3, -0.25) is 14.4 Å². The number of rotatable bonds is 8. The highest BCUT2D eigenvalue weighted by Gasteiger charge is 2.11. The third-order valence-electron chi connectivity index (χ3n) is 3.40. The number of esters is 1. The molecule has 8 heteroatoms. The smallest absolute Gasteiger partial charge is 0.306 e. The molecule has 2 N–H and O–H groups in total. The topological polar surface area (TPSA) is 93.7 Å². The van der Waals surface area contributed by atoms with Gasteiger partial charge in [0, 0.05) is 22.8 Å². The van der Waals surface area contributed by atoms with Crippen molar-refractivity contribution in [3.05, 3.63) is 53.6 Å². The molecule has 2 amide bonds. The molecule has 0 aliphatic carbocycles. The third-order valence-corrected chi connectivity index (χ3v) is 3.64. The number of carbonyl (C=O) groups excluding carboxylic acids is 3. The molecule has 0 unspecified atom stereocenters. The monoisotopic (exact) mass is 390 g/mol. The summed E-state index contributed by atoms with van der Waals surface area (Å²) in [5.74, 6) is -0.801. The van der Waals surface area contributed by atoms with Gasteiger partial charge in [0.2, 0.25) is 5.91 Å². The Bertz CT molecular complexity index is 808. The Balaban J connectivity index is 1.67. The van der Waals surface area contributed by atoms with Gasteiger partial charge in [0.15, 0.2) is 6.61 Å². The molecule has 0 radical (unpaired) electrons. The van der Waals surface area contributed by atoms with Crippen molar-refractivity contribution < 1.29 is 23.9 Å². The van der Waals surface area contributed by atoms with Crippen LogP contribution in [0.25, 0.3) is 0 Å². The molecule has 142 valence electrons. The highest BCUT2D eigenvalue weighted by Crippen LogP contribution is 2.16. The molecule has 27 heavy (non-hydrogen) atoms. The minimum atomic E-state index is -0.638. The maximum Gasteiger partial charge on any atom is 0.306 e. The first-order valence-electron chi connectivity index (χ1n) is 8.11. The van der Waals surface area contributed by atoms with E-state index in [1.54, 1.807) is 55.6 Å². The molecule has 0 spiro atoms. The van der Waals surface area contributed by atoms with E-state index in [1.807, 2.05) is 0 Å². The number of anilines is 2. The molecular formula is C19H19ClN2O5. The standard InChI is InChI=1S/C19H19ClN2O5/c1-26-16-7-5-14(6-8-16)21-18(24)12-27-19(25)10-9-17(23)22-15-4-2-3-13(20)11-15/h2-8,11H,9-10,12H2,1H3,(H,21,24)(H,22,23). The molecule has 0 bridgehead atoms. The van der Waals surface area contributed by atoms with Crippen molar-refractivity contribution in [1.29, 1.82) is 0 Å². The van der Waals surface area contributed by atoms with Crippen molar-refractivity contribution >= 4 is 40.8 Å². The van der Waals surface area contributed by atoms with E-state index in [0.29, 0.717) is 22.1 Å². The summed E-state index contributed by atoms with van der Waals surface area (Å²) in [5.41, 5.74) is 1.09. The van der Waals surface area contributed by atoms with Gasteiger partial charge in [-0.2, -0.15) is 0 Å². The molecule has 0 aliphatic rings. The number of amides is 2. The molecule has 2 rings (SSSR count). The van der Waals surface area contributed by atoms with Gasteiger partial charge in [0.1, 0.15) is 5.75 Å². The molecule has 2 aromatic rings. The molecule has 0 aromatic heterocycles. The van der Waals surface area contributed by atoms with E-state index in [4.69, 9.17) is 21.1 Å². The Kier molecular flexibility index (Phi) is 7.63. The molecular weight excluding hydrogens is 372 g/mol. The summed E-state index contributed by atoms with van der Waals surface area (Å²) in [6.45, 7) is -0.430. The maximum absolute atomic E-state index is 11.8. The first-order valence-corrected chi connectivity index (χ1v) is 8.49. The van der Waals surface area contributed by atoms with Gasteiger partial charge in [-0.05, 0) is 42.5 Å². The number of ether oxygens (including phenoxy) is 2. The second-order valence-electron chi connectivity index (χ2n) is 5.50. The Labute approximate surface area is 161 Å². The van der Waals surface area contributed by atoms with Crippen LogP contribution in [0.2, 0.25) is 5.02 Å². The third kappa shape index (κ3) is 7.37. The fourth-order valence-electron chi connectivity index (χ4n) is 2.09. The number of hydrogen-bond donors (Lipinski definition) is 2. The van der Waals surface area contributed by atoms with Crippen LogP contribution in [-0.4, -0.2) is 31.5 Å². The first kappa shape index (κ1) is 20.3. The molecule has 0 saturated heterocycles. The number of hydrogen-bond acceptors (Lipinski definition) is 5. The number of halogens is 1. The predicted molar refractivity (Wildman–Crippen MR) is 102 cm³/mol. The Morgan fingerprint density at radius 1 is 0.926 bits per heavy atom. The largest absolute Gasteiger partial charge is 0.497 e. The second-order valence-corrected chi connectivity index (χ2v) is 5.93. The summed E-state index contributed by atoms with van der Waals surface area (Å²) >= 11 is 5.83. The van der Waals surface area contributed by atoms with Crippen LogP contribution < -0.4 is 15.4 Å². The Morgan fingerprint density at radius 3 is 2.30 bits per heavy atom. The van der Waals surface area contributed by atoms with Gasteiger partial charge in [0.25, 0.3) is 5.91 Å². The number of carbonyl (C=O) groups is 3. The van der Waals surface area contributed by atoms with Crippen molar-refractivity contribution in [2.45, 2.75) is 12.8 Å². The SMILES string of the molecule is COc1ccc(NC(=O)COC(=O)CCC(=O)Nc2cccc(Cl)c2)cc1. The fourth-order valence-corrected chi connectivity index (χ4v) is 2.29. The zero-order chi connectivity index (χ0) is 19.6. The molecule has 0 fully saturated rings. The van der Waals surface area contributed by atoms with E-state index in [1.165, 1.54) is 0 Å². The molecule has 2 aromatic carbocycles. The van der Waals surface area contributed by atoms with Crippen LogP contribution in [0.4, 0.5) is 11.4 Å². The fraction of sp³-hybridized carbons (Fsp3) is 0.211. The van der Waals surface area contributed by atoms with Crippen LogP contribution in [0, 0.1) is 0 Å². The zero-order valence-corrected chi connectivity index (χ0v) is 15.4. The van der Waals surface area contributed by atoms with E-state index in [0.717, 1.165) is 0 Å². The Hall–Kier alpha value is -3.06. The summed E-state index contributed by atoms with van der Waals surface area (Å²) in [4.78, 5) is 35.3. The lowest BCUT2D eigenvalue weighted by Gasteiger charge is -2.08. The molecule has 0 saturated carbocycles. The van der Waals surface area contributed by atoms with E-state index < -0.39 is 18.5 Å². The van der Waals surface area contributed by atoms with Crippen molar-refractivity contribution in [2.75, 3.05) is 24.4 Å². The van der Waals surface area contributed by atoms with Crippen LogP contribution in [0.5, 0.6) is 5.75 Å². The number of benzene rings is 2. The lowest BCUT2D eigenvalue weighted by Crippen LogP contribution is -2.21. The van der Waals surface area contributed by atoms with Crippen LogP contribution >= 0.6 is 11.6 Å². The highest BCUT2D eigenvalue weighted by atomic mass is 35.5. The summed E-state index contributed by atoms with van der Waals surface area (Å²) in [6.07, 6.45) is -0.201. The van der Waals surface area contributed by atoms with Crippen LogP contribution in [0.3, 0.4) is 0 Å². The van der Waals surface area contributed by atoms with Gasteiger partial charge in [-0.15, -0.1) is 0 Å². The average Bonchev–Trinajstić information content (AvgIpc) is 2.65. The average molecular weight is 391 g/mol. The first-order chi connectivity index (χ1) is 13.0. The van der Waals surface area contributed by atoms with Crippen molar-refractivity contribution in [1.82, 2.24) is 0 Å². The van der Waals surface area contributed by atoms with Crippen LogP contribution in [0.1, 0.15) is 12.8 Å². The van der Waals surface area contributed by atoms with E-state index in [2.05, 4.69) is 10.6 Å². The lowest BCUT2D eigenvalue weighted by molar-refractivity contribution is -0.147. The van der Waals surface area contributed by atoms with Gasteiger partial charge < -0.3 is 20.1 Å². The van der Waals surface area contributed by atoms with Gasteiger partial charge in [-0.25, -0.2) is 0 Å². The van der Waals surface area contributed by atoms with Crippen molar-refractivity contribution in [3.8, 4) is 5.75 Å². The van der Waals surface area contributed by atoms with Crippen molar-refractivity contribution in [2.24, 2.45) is 0 Å². The van der Waals surface area contributed by atoms with Crippen LogP contribution in [0.15, 0.2) is 48.5 Å². The van der Waals surface area contributed by atoms with E-state index >= 15 is 0 Å². The summed E-state index contributed by atoms with van der Waals surface area (Å²) in [7, 11) is 1.54. The van der Waals surface area contributed by atoms with Gasteiger partial charge >= 0.3 is 5.97 Å². The molecule has 0 aliphatic heterocycles. The maximum atomic E-state index is 11.8. The van der Waals surface area contributed by atoms with Crippen molar-refractivity contribution in [3.63, 3.8) is 0 Å². The van der Waals surface area contributed by atoms with Crippen LogP contribution in [-0.2, 0) is 19.1 Å². The summed E-state index contributed by atoms with van der Waals surface area (Å²) in [6, 6.07) is 13.4. The minimum absolute atomic E-state index is 0.0640. The quantitative estimate of drug-likeness (QED) is 0.675.